The van der Waals surface area contributed by atoms with E-state index in [4.69, 9.17) is 13.1 Å². The fourth-order valence-electron chi connectivity index (χ4n) is 2.63. The average molecular weight is 233 g/mol. The van der Waals surface area contributed by atoms with Crippen molar-refractivity contribution in [2.45, 2.75) is 51.0 Å². The van der Waals surface area contributed by atoms with Crippen molar-refractivity contribution in [1.29, 1.82) is 0 Å². The molecule has 0 saturated heterocycles. The van der Waals surface area contributed by atoms with Gasteiger partial charge in [0.2, 0.25) is 13.1 Å². The Kier molecular flexibility index (Phi) is 7.43. The molecule has 3 nitrogen and oxygen atoms in total. The maximum absolute atomic E-state index is 6.83. The highest BCUT2D eigenvalue weighted by Gasteiger charge is 2.20. The van der Waals surface area contributed by atoms with Crippen molar-refractivity contribution >= 4 is 0 Å². The average Bonchev–Trinajstić information content (AvgIpc) is 2.38. The SMILES string of the molecule is [C-]#[N+]CCCN(CCC[N+]#[C-])C1CCCCC1. The number of rotatable bonds is 7. The monoisotopic (exact) mass is 233 g/mol. The van der Waals surface area contributed by atoms with Gasteiger partial charge in [-0.1, -0.05) is 19.3 Å². The van der Waals surface area contributed by atoms with Crippen LogP contribution in [0.1, 0.15) is 44.9 Å². The smallest absolute Gasteiger partial charge is 0.215 e. The Morgan fingerprint density at radius 3 is 1.88 bits per heavy atom. The molecule has 94 valence electrons. The zero-order chi connectivity index (χ0) is 12.3. The number of hydrogen-bond acceptors (Lipinski definition) is 1. The van der Waals surface area contributed by atoms with Gasteiger partial charge in [-0.25, -0.2) is 13.1 Å². The molecule has 1 fully saturated rings. The quantitative estimate of drug-likeness (QED) is 0.485. The standard InChI is InChI=1S/C14H23N3/c1-15-10-6-12-17(13-7-11-16-2)14-8-4-3-5-9-14/h14H,3-13H2. The second-order valence-corrected chi connectivity index (χ2v) is 4.80. The molecular weight excluding hydrogens is 210 g/mol. The first-order valence-corrected chi connectivity index (χ1v) is 6.79. The summed E-state index contributed by atoms with van der Waals surface area (Å²) in [7, 11) is 0. The van der Waals surface area contributed by atoms with Crippen LogP contribution in [0.4, 0.5) is 0 Å². The van der Waals surface area contributed by atoms with Gasteiger partial charge in [-0.3, -0.25) is 4.90 Å². The van der Waals surface area contributed by atoms with Crippen LogP contribution in [0.15, 0.2) is 0 Å². The van der Waals surface area contributed by atoms with E-state index in [1.165, 1.54) is 32.1 Å². The number of nitrogens with zero attached hydrogens (tertiary/aromatic N) is 3. The lowest BCUT2D eigenvalue weighted by Gasteiger charge is -2.33. The lowest BCUT2D eigenvalue weighted by molar-refractivity contribution is 0.155. The summed E-state index contributed by atoms with van der Waals surface area (Å²) in [6.45, 7) is 17.0. The van der Waals surface area contributed by atoms with Crippen LogP contribution < -0.4 is 0 Å². The predicted octanol–water partition coefficient (Wildman–Crippen LogP) is 3.24. The van der Waals surface area contributed by atoms with E-state index in [-0.39, 0.29) is 0 Å². The molecule has 0 spiro atoms. The third-order valence-corrected chi connectivity index (χ3v) is 3.52. The van der Waals surface area contributed by atoms with E-state index >= 15 is 0 Å². The Hall–Kier alpha value is -1.06. The van der Waals surface area contributed by atoms with Crippen LogP contribution in [-0.2, 0) is 0 Å². The molecule has 0 amide bonds. The molecule has 0 unspecified atom stereocenters. The van der Waals surface area contributed by atoms with Crippen LogP contribution in [0.3, 0.4) is 0 Å². The molecule has 0 N–H and O–H groups in total. The van der Waals surface area contributed by atoms with Gasteiger partial charge in [-0.2, -0.15) is 0 Å². The Morgan fingerprint density at radius 2 is 1.41 bits per heavy atom. The first kappa shape index (κ1) is 14.0. The van der Waals surface area contributed by atoms with Crippen molar-refractivity contribution < 1.29 is 0 Å². The lowest BCUT2D eigenvalue weighted by atomic mass is 9.94. The van der Waals surface area contributed by atoms with Gasteiger partial charge in [0.25, 0.3) is 0 Å². The summed E-state index contributed by atoms with van der Waals surface area (Å²) in [5.74, 6) is 0. The van der Waals surface area contributed by atoms with E-state index in [1.807, 2.05) is 0 Å². The maximum atomic E-state index is 6.83. The van der Waals surface area contributed by atoms with Gasteiger partial charge in [-0.05, 0) is 12.8 Å². The summed E-state index contributed by atoms with van der Waals surface area (Å²) < 4.78 is 0. The van der Waals surface area contributed by atoms with Crippen molar-refractivity contribution in [3.63, 3.8) is 0 Å². The molecule has 1 rings (SSSR count). The van der Waals surface area contributed by atoms with Crippen LogP contribution in [0.2, 0.25) is 0 Å². The fraction of sp³-hybridized carbons (Fsp3) is 0.857. The Morgan fingerprint density at radius 1 is 0.882 bits per heavy atom. The van der Waals surface area contributed by atoms with E-state index in [0.717, 1.165) is 32.0 Å². The van der Waals surface area contributed by atoms with E-state index in [2.05, 4.69) is 14.6 Å². The van der Waals surface area contributed by atoms with E-state index < -0.39 is 0 Å². The third-order valence-electron chi connectivity index (χ3n) is 3.52. The van der Waals surface area contributed by atoms with Gasteiger partial charge in [0.05, 0.1) is 0 Å². The molecule has 1 aliphatic carbocycles. The summed E-state index contributed by atoms with van der Waals surface area (Å²) in [6.07, 6.45) is 8.69. The van der Waals surface area contributed by atoms with Gasteiger partial charge in [0.1, 0.15) is 0 Å². The molecule has 17 heavy (non-hydrogen) atoms. The van der Waals surface area contributed by atoms with Gasteiger partial charge in [0.15, 0.2) is 0 Å². The van der Waals surface area contributed by atoms with Gasteiger partial charge < -0.3 is 9.69 Å². The zero-order valence-electron chi connectivity index (χ0n) is 10.7. The molecule has 0 bridgehead atoms. The van der Waals surface area contributed by atoms with Crippen molar-refractivity contribution in [2.24, 2.45) is 0 Å². The summed E-state index contributed by atoms with van der Waals surface area (Å²) >= 11 is 0. The Bertz CT molecular complexity index is 248. The first-order valence-electron chi connectivity index (χ1n) is 6.79. The van der Waals surface area contributed by atoms with E-state index in [1.54, 1.807) is 0 Å². The van der Waals surface area contributed by atoms with Crippen molar-refractivity contribution in [3.05, 3.63) is 22.8 Å². The van der Waals surface area contributed by atoms with Crippen LogP contribution in [0, 0.1) is 13.1 Å². The minimum Gasteiger partial charge on any atom is -0.317 e. The van der Waals surface area contributed by atoms with Crippen LogP contribution in [0.5, 0.6) is 0 Å². The molecule has 0 heterocycles. The summed E-state index contributed by atoms with van der Waals surface area (Å²) in [4.78, 5) is 9.39. The summed E-state index contributed by atoms with van der Waals surface area (Å²) in [5.41, 5.74) is 0. The second-order valence-electron chi connectivity index (χ2n) is 4.80. The molecule has 0 atom stereocenters. The van der Waals surface area contributed by atoms with Crippen molar-refractivity contribution in [3.8, 4) is 0 Å². The molecule has 0 aromatic heterocycles. The molecule has 0 aliphatic heterocycles. The summed E-state index contributed by atoms with van der Waals surface area (Å²) in [6, 6.07) is 0.722. The Balaban J connectivity index is 2.34. The zero-order valence-corrected chi connectivity index (χ0v) is 10.7. The van der Waals surface area contributed by atoms with E-state index in [9.17, 15) is 0 Å². The van der Waals surface area contributed by atoms with E-state index in [0.29, 0.717) is 13.1 Å². The number of hydrogen-bond donors (Lipinski definition) is 0. The lowest BCUT2D eigenvalue weighted by Crippen LogP contribution is -2.38. The molecular formula is C14H23N3. The minimum absolute atomic E-state index is 0.645. The largest absolute Gasteiger partial charge is 0.317 e. The maximum Gasteiger partial charge on any atom is 0.215 e. The highest BCUT2D eigenvalue weighted by atomic mass is 15.2. The molecule has 1 aliphatic rings. The molecule has 0 aromatic carbocycles. The fourth-order valence-corrected chi connectivity index (χ4v) is 2.63. The van der Waals surface area contributed by atoms with Crippen LogP contribution in [0.25, 0.3) is 9.69 Å². The minimum atomic E-state index is 0.645. The van der Waals surface area contributed by atoms with Gasteiger partial charge in [-0.15, -0.1) is 0 Å². The van der Waals surface area contributed by atoms with Gasteiger partial charge >= 0.3 is 0 Å². The molecule has 3 heteroatoms. The Labute approximate surface area is 105 Å². The highest BCUT2D eigenvalue weighted by Crippen LogP contribution is 2.22. The normalized spacial score (nSPS) is 16.6. The third kappa shape index (κ3) is 5.71. The topological polar surface area (TPSA) is 12.0 Å². The summed E-state index contributed by atoms with van der Waals surface area (Å²) in [5, 5.41) is 0. The van der Waals surface area contributed by atoms with Crippen LogP contribution >= 0.6 is 0 Å². The van der Waals surface area contributed by atoms with Crippen molar-refractivity contribution in [2.75, 3.05) is 26.2 Å². The molecule has 0 aromatic rings. The highest BCUT2D eigenvalue weighted by molar-refractivity contribution is 4.77. The second kappa shape index (κ2) is 9.02. The van der Waals surface area contributed by atoms with Crippen molar-refractivity contribution in [1.82, 2.24) is 4.90 Å². The first-order chi connectivity index (χ1) is 8.38. The molecule has 1 saturated carbocycles. The van der Waals surface area contributed by atoms with Gasteiger partial charge in [0, 0.05) is 32.0 Å². The van der Waals surface area contributed by atoms with Crippen LogP contribution in [-0.4, -0.2) is 37.1 Å². The molecule has 0 radical (unpaired) electrons. The predicted molar refractivity (Wildman–Crippen MR) is 70.6 cm³/mol.